The monoisotopic (exact) mass is 684 g/mol. The molecule has 16 heteroatoms. The summed E-state index contributed by atoms with van der Waals surface area (Å²) in [5, 5.41) is 32.2. The summed E-state index contributed by atoms with van der Waals surface area (Å²) in [5.74, 6) is 0.581. The molecule has 51 heavy (non-hydrogen) atoms. The lowest BCUT2D eigenvalue weighted by Crippen LogP contribution is -2.54. The maximum absolute atomic E-state index is 11.4. The smallest absolute Gasteiger partial charge is 0.384 e. The van der Waals surface area contributed by atoms with E-state index in [1.165, 1.54) is 57.9 Å². The number of nitro groups is 2. The summed E-state index contributed by atoms with van der Waals surface area (Å²) in [6.45, 7) is 3.51. The number of hydrogen-bond acceptors (Lipinski definition) is 12. The van der Waals surface area contributed by atoms with E-state index in [2.05, 4.69) is 0 Å². The van der Waals surface area contributed by atoms with Gasteiger partial charge in [-0.1, -0.05) is 24.3 Å². The molecule has 0 amide bonds. The van der Waals surface area contributed by atoms with Crippen molar-refractivity contribution in [3.63, 3.8) is 0 Å². The van der Waals surface area contributed by atoms with Crippen LogP contribution in [-0.2, 0) is 0 Å². The van der Waals surface area contributed by atoms with Gasteiger partial charge in [0.1, 0.15) is 11.4 Å². The van der Waals surface area contributed by atoms with Gasteiger partial charge < -0.3 is 18.9 Å². The quantitative estimate of drug-likeness (QED) is 0.141. The average molecular weight is 685 g/mol. The number of para-hydroxylation sites is 4. The van der Waals surface area contributed by atoms with E-state index in [-0.39, 0.29) is 34.6 Å². The number of aryl methyl sites for hydroxylation is 2. The molecule has 16 nitrogen and oxygen atoms in total. The number of aliphatic imine (C=N–C) groups is 2. The molecular formula is C35H24N8O8. The molecule has 0 radical (unpaired) electrons. The molecule has 252 valence electrons. The Morgan fingerprint density at radius 2 is 0.961 bits per heavy atom. The molecule has 0 bridgehead atoms. The molecule has 0 fully saturated rings. The zero-order valence-electron chi connectivity index (χ0n) is 26.7. The summed E-state index contributed by atoms with van der Waals surface area (Å²) in [6.07, 6.45) is 0.653. The lowest BCUT2D eigenvalue weighted by atomic mass is 10.2. The highest BCUT2D eigenvalue weighted by Crippen LogP contribution is 2.42. The first-order valence-electron chi connectivity index (χ1n) is 15.4. The molecule has 4 heterocycles. The summed E-state index contributed by atoms with van der Waals surface area (Å²) in [5.41, 5.74) is 3.31. The van der Waals surface area contributed by atoms with Gasteiger partial charge >= 0.3 is 6.16 Å². The Labute approximate surface area is 287 Å². The first-order valence-corrected chi connectivity index (χ1v) is 15.4. The molecule has 2 aromatic heterocycles. The van der Waals surface area contributed by atoms with E-state index >= 15 is 0 Å². The Kier molecular flexibility index (Phi) is 7.25. The molecule has 2 aliphatic heterocycles. The third kappa shape index (κ3) is 5.55. The lowest BCUT2D eigenvalue weighted by molar-refractivity contribution is -0.385. The Balaban J connectivity index is 1.38. The van der Waals surface area contributed by atoms with Crippen molar-refractivity contribution >= 4 is 35.2 Å². The number of aromatic nitrogens is 4. The molecule has 4 aromatic carbocycles. The second kappa shape index (κ2) is 12.0. The van der Waals surface area contributed by atoms with Gasteiger partial charge in [0.2, 0.25) is 11.8 Å². The van der Waals surface area contributed by atoms with Crippen molar-refractivity contribution in [2.45, 2.75) is 20.0 Å². The van der Waals surface area contributed by atoms with Gasteiger partial charge in [-0.2, -0.15) is 19.6 Å². The zero-order chi connectivity index (χ0) is 35.3. The SMILES string of the molecule is Cc1nn(-c2ccc([N+](=O)[O-])cc2)c2c1/C=N/c1ccccc1OC1(Oc3ccccc3/N=C/c3c(C)nn(-c4ccc([N+](=O)[O-])cc4)c3O1)O2. The summed E-state index contributed by atoms with van der Waals surface area (Å²) >= 11 is 0. The van der Waals surface area contributed by atoms with E-state index in [9.17, 15) is 20.2 Å². The molecule has 6 aromatic rings. The van der Waals surface area contributed by atoms with E-state index in [4.69, 9.17) is 39.1 Å². The molecule has 0 N–H and O–H groups in total. The predicted molar refractivity (Wildman–Crippen MR) is 183 cm³/mol. The predicted octanol–water partition coefficient (Wildman–Crippen LogP) is 6.85. The van der Waals surface area contributed by atoms with Crippen LogP contribution in [0.1, 0.15) is 22.5 Å². The Morgan fingerprint density at radius 1 is 0.569 bits per heavy atom. The largest absolute Gasteiger partial charge is 0.613 e. The van der Waals surface area contributed by atoms with Gasteiger partial charge in [-0.3, -0.25) is 30.2 Å². The Hall–Kier alpha value is -7.36. The van der Waals surface area contributed by atoms with E-state index in [0.717, 1.165) is 0 Å². The van der Waals surface area contributed by atoms with Crippen LogP contribution in [0.3, 0.4) is 0 Å². The van der Waals surface area contributed by atoms with Crippen molar-refractivity contribution in [2.75, 3.05) is 0 Å². The number of nitro benzene ring substituents is 2. The molecule has 0 aliphatic carbocycles. The number of non-ortho nitro benzene ring substituents is 2. The van der Waals surface area contributed by atoms with E-state index in [0.29, 0.717) is 45.3 Å². The van der Waals surface area contributed by atoms with Gasteiger partial charge in [0.15, 0.2) is 11.5 Å². The molecule has 0 saturated heterocycles. The first-order chi connectivity index (χ1) is 24.7. The maximum atomic E-state index is 11.4. The lowest BCUT2D eigenvalue weighted by Gasteiger charge is -2.32. The molecule has 0 saturated carbocycles. The van der Waals surface area contributed by atoms with Crippen molar-refractivity contribution in [3.8, 4) is 34.6 Å². The topological polar surface area (TPSA) is 184 Å². The molecule has 0 atom stereocenters. The van der Waals surface area contributed by atoms with Gasteiger partial charge in [-0.05, 0) is 62.4 Å². The van der Waals surface area contributed by atoms with Crippen molar-refractivity contribution in [1.29, 1.82) is 0 Å². The molecule has 8 rings (SSSR count). The summed E-state index contributed by atoms with van der Waals surface area (Å²) in [4.78, 5) is 31.2. The van der Waals surface area contributed by atoms with Crippen LogP contribution in [0.4, 0.5) is 22.7 Å². The third-order valence-electron chi connectivity index (χ3n) is 8.04. The number of ether oxygens (including phenoxy) is 4. The van der Waals surface area contributed by atoms with Crippen LogP contribution in [0, 0.1) is 34.1 Å². The fraction of sp³-hybridized carbons (Fsp3) is 0.0857. The minimum absolute atomic E-state index is 0.0650. The van der Waals surface area contributed by atoms with Crippen LogP contribution in [0.15, 0.2) is 107 Å². The van der Waals surface area contributed by atoms with Crippen molar-refractivity contribution < 1.29 is 28.8 Å². The second-order valence-corrected chi connectivity index (χ2v) is 11.3. The van der Waals surface area contributed by atoms with Crippen LogP contribution in [0.5, 0.6) is 23.3 Å². The van der Waals surface area contributed by atoms with Crippen molar-refractivity contribution in [3.05, 3.63) is 140 Å². The normalized spacial score (nSPS) is 15.1. The highest BCUT2D eigenvalue weighted by molar-refractivity contribution is 5.88. The van der Waals surface area contributed by atoms with Gasteiger partial charge in [0.25, 0.3) is 11.4 Å². The van der Waals surface area contributed by atoms with E-state index < -0.39 is 16.0 Å². The molecule has 2 aliphatic rings. The fourth-order valence-corrected chi connectivity index (χ4v) is 5.51. The van der Waals surface area contributed by atoms with Crippen LogP contribution < -0.4 is 18.9 Å². The third-order valence-corrected chi connectivity index (χ3v) is 8.04. The summed E-state index contributed by atoms with van der Waals surface area (Å²) < 4.78 is 29.6. The summed E-state index contributed by atoms with van der Waals surface area (Å²) in [7, 11) is 0. The fourth-order valence-electron chi connectivity index (χ4n) is 5.51. The minimum atomic E-state index is -2.49. The number of benzene rings is 4. The Morgan fingerprint density at radius 3 is 1.35 bits per heavy atom. The standard InChI is InChI=1S/C35H24N8O8/c1-21-27-19-36-29-7-3-5-9-31(29)48-35(50-33(27)40(38-21)23-11-15-25(16-12-23)42(44)45)49-32-10-6-4-8-30(32)37-20-28-22(2)39-41(34(28)51-35)24-13-17-26(18-14-24)43(46)47/h3-20H,1-2H3/b36-19+,37-20+. The minimum Gasteiger partial charge on any atom is -0.384 e. The van der Waals surface area contributed by atoms with Crippen LogP contribution in [-0.4, -0.2) is 48.0 Å². The van der Waals surface area contributed by atoms with Crippen molar-refractivity contribution in [2.24, 2.45) is 9.98 Å². The van der Waals surface area contributed by atoms with Crippen LogP contribution in [0.2, 0.25) is 0 Å². The molecule has 1 spiro atoms. The van der Waals surface area contributed by atoms with Crippen LogP contribution in [0.25, 0.3) is 11.4 Å². The molecule has 0 unspecified atom stereocenters. The highest BCUT2D eigenvalue weighted by atomic mass is 17.0. The average Bonchev–Trinajstić information content (AvgIpc) is 3.64. The van der Waals surface area contributed by atoms with E-state index in [1.807, 2.05) is 0 Å². The number of nitrogens with zero attached hydrogens (tertiary/aromatic N) is 8. The maximum Gasteiger partial charge on any atom is 0.613 e. The summed E-state index contributed by atoms with van der Waals surface area (Å²) in [6, 6.07) is 25.4. The molecular weight excluding hydrogens is 660 g/mol. The number of fused-ring (bicyclic) bond motifs is 4. The number of hydrogen-bond donors (Lipinski definition) is 0. The number of rotatable bonds is 4. The van der Waals surface area contributed by atoms with Crippen LogP contribution >= 0.6 is 0 Å². The highest BCUT2D eigenvalue weighted by Gasteiger charge is 2.49. The van der Waals surface area contributed by atoms with Gasteiger partial charge in [-0.15, -0.1) is 0 Å². The van der Waals surface area contributed by atoms with Gasteiger partial charge in [-0.25, -0.2) is 0 Å². The van der Waals surface area contributed by atoms with Gasteiger partial charge in [0.05, 0.1) is 43.7 Å². The van der Waals surface area contributed by atoms with E-state index in [1.54, 1.807) is 74.8 Å². The van der Waals surface area contributed by atoms with Crippen molar-refractivity contribution in [1.82, 2.24) is 19.6 Å². The first kappa shape index (κ1) is 30.9. The Bertz CT molecular complexity index is 2250. The zero-order valence-corrected chi connectivity index (χ0v) is 26.7. The van der Waals surface area contributed by atoms with Gasteiger partial charge in [0, 0.05) is 36.7 Å². The second-order valence-electron chi connectivity index (χ2n) is 11.3.